The highest BCUT2D eigenvalue weighted by molar-refractivity contribution is 5.86. The molecule has 0 radical (unpaired) electrons. The van der Waals surface area contributed by atoms with Crippen molar-refractivity contribution in [2.24, 2.45) is 0 Å². The Morgan fingerprint density at radius 1 is 1.33 bits per heavy atom. The van der Waals surface area contributed by atoms with E-state index in [1.54, 1.807) is 0 Å². The Morgan fingerprint density at radius 2 is 1.80 bits per heavy atom. The van der Waals surface area contributed by atoms with Gasteiger partial charge < -0.3 is 4.74 Å². The number of alkyl halides is 4. The topological polar surface area (TPSA) is 26.3 Å². The van der Waals surface area contributed by atoms with Crippen LogP contribution in [0.2, 0.25) is 0 Å². The predicted octanol–water partition coefficient (Wildman–Crippen LogP) is 2.79. The molecule has 0 aliphatic heterocycles. The van der Waals surface area contributed by atoms with Crippen molar-refractivity contribution in [2.45, 2.75) is 32.1 Å². The van der Waals surface area contributed by atoms with Gasteiger partial charge in [-0.05, 0) is 6.92 Å². The van der Waals surface area contributed by atoms with E-state index in [2.05, 4.69) is 11.3 Å². The van der Waals surface area contributed by atoms with Gasteiger partial charge in [0.1, 0.15) is 0 Å². The SMILES string of the molecule is C=C(C)C(=O)OCCC(F)(F)C(C)(F)F. The molecule has 0 aromatic heterocycles. The predicted molar refractivity (Wildman–Crippen MR) is 46.0 cm³/mol. The highest BCUT2D eigenvalue weighted by atomic mass is 19.3. The van der Waals surface area contributed by atoms with Crippen molar-refractivity contribution in [3.05, 3.63) is 12.2 Å². The Morgan fingerprint density at radius 3 is 2.13 bits per heavy atom. The molecular formula is C9H12F4O2. The van der Waals surface area contributed by atoms with Gasteiger partial charge in [-0.1, -0.05) is 6.58 Å². The van der Waals surface area contributed by atoms with E-state index in [4.69, 9.17) is 0 Å². The van der Waals surface area contributed by atoms with Crippen molar-refractivity contribution < 1.29 is 27.1 Å². The smallest absolute Gasteiger partial charge is 0.333 e. The molecule has 0 bridgehead atoms. The highest BCUT2D eigenvalue weighted by Gasteiger charge is 2.51. The first-order valence-corrected chi connectivity index (χ1v) is 4.16. The highest BCUT2D eigenvalue weighted by Crippen LogP contribution is 2.36. The molecule has 0 N–H and O–H groups in total. The molecule has 0 rings (SSSR count). The van der Waals surface area contributed by atoms with Gasteiger partial charge >= 0.3 is 17.8 Å². The Kier molecular flexibility index (Phi) is 4.30. The lowest BCUT2D eigenvalue weighted by atomic mass is 10.1. The summed E-state index contributed by atoms with van der Waals surface area (Å²) in [7, 11) is 0. The molecule has 0 aromatic rings. The second-order valence-electron chi connectivity index (χ2n) is 3.26. The van der Waals surface area contributed by atoms with Crippen LogP contribution in [0.3, 0.4) is 0 Å². The van der Waals surface area contributed by atoms with E-state index in [0.29, 0.717) is 0 Å². The van der Waals surface area contributed by atoms with Crippen LogP contribution in [0.15, 0.2) is 12.2 Å². The molecule has 0 unspecified atom stereocenters. The molecule has 0 aromatic carbocycles. The Bertz CT molecular complexity index is 255. The van der Waals surface area contributed by atoms with Crippen molar-refractivity contribution in [1.82, 2.24) is 0 Å². The largest absolute Gasteiger partial charge is 0.462 e. The zero-order chi connectivity index (χ0) is 12.3. The fourth-order valence-corrected chi connectivity index (χ4v) is 0.615. The molecule has 0 aliphatic carbocycles. The van der Waals surface area contributed by atoms with Crippen LogP contribution < -0.4 is 0 Å². The van der Waals surface area contributed by atoms with Gasteiger partial charge in [-0.3, -0.25) is 0 Å². The summed E-state index contributed by atoms with van der Waals surface area (Å²) in [5.41, 5.74) is 0.0292. The summed E-state index contributed by atoms with van der Waals surface area (Å²) in [5.74, 6) is -9.17. The quantitative estimate of drug-likeness (QED) is 0.411. The number of hydrogen-bond donors (Lipinski definition) is 0. The van der Waals surface area contributed by atoms with Gasteiger partial charge in [-0.15, -0.1) is 0 Å². The third-order valence-electron chi connectivity index (χ3n) is 1.64. The van der Waals surface area contributed by atoms with Crippen LogP contribution in [-0.4, -0.2) is 24.4 Å². The van der Waals surface area contributed by atoms with Crippen LogP contribution in [-0.2, 0) is 9.53 Å². The summed E-state index contributed by atoms with van der Waals surface area (Å²) in [5, 5.41) is 0. The molecule has 15 heavy (non-hydrogen) atoms. The summed E-state index contributed by atoms with van der Waals surface area (Å²) in [4.78, 5) is 10.7. The third-order valence-corrected chi connectivity index (χ3v) is 1.64. The first kappa shape index (κ1) is 13.9. The number of ether oxygens (including phenoxy) is 1. The minimum Gasteiger partial charge on any atom is -0.462 e. The van der Waals surface area contributed by atoms with Crippen molar-refractivity contribution in [2.75, 3.05) is 6.61 Å². The van der Waals surface area contributed by atoms with E-state index in [1.165, 1.54) is 6.92 Å². The maximum Gasteiger partial charge on any atom is 0.333 e. The van der Waals surface area contributed by atoms with Crippen molar-refractivity contribution >= 4 is 5.97 Å². The number of esters is 1. The molecule has 0 saturated heterocycles. The fourth-order valence-electron chi connectivity index (χ4n) is 0.615. The Hall–Kier alpha value is -1.07. The fraction of sp³-hybridized carbons (Fsp3) is 0.667. The minimum absolute atomic E-state index is 0.0292. The molecule has 0 amide bonds. The first-order valence-electron chi connectivity index (χ1n) is 4.16. The second-order valence-corrected chi connectivity index (χ2v) is 3.26. The van der Waals surface area contributed by atoms with Crippen LogP contribution in [0.4, 0.5) is 17.6 Å². The molecular weight excluding hydrogens is 216 g/mol. The molecule has 0 aliphatic rings. The molecule has 0 fully saturated rings. The molecule has 0 saturated carbocycles. The Labute approximate surface area is 84.9 Å². The van der Waals surface area contributed by atoms with Gasteiger partial charge in [-0.2, -0.15) is 8.78 Å². The summed E-state index contributed by atoms with van der Waals surface area (Å²) in [6, 6.07) is 0. The van der Waals surface area contributed by atoms with Crippen LogP contribution in [0, 0.1) is 0 Å². The number of rotatable bonds is 5. The van der Waals surface area contributed by atoms with Crippen molar-refractivity contribution in [3.63, 3.8) is 0 Å². The minimum atomic E-state index is -4.18. The molecule has 0 heterocycles. The number of carbonyl (C=O) groups excluding carboxylic acids is 1. The lowest BCUT2D eigenvalue weighted by molar-refractivity contribution is -0.206. The molecule has 2 nitrogen and oxygen atoms in total. The summed E-state index contributed by atoms with van der Waals surface area (Å²) in [6.45, 7) is 3.89. The summed E-state index contributed by atoms with van der Waals surface area (Å²) in [6.07, 6.45) is -1.21. The van der Waals surface area contributed by atoms with E-state index in [1.807, 2.05) is 0 Å². The number of carbonyl (C=O) groups is 1. The van der Waals surface area contributed by atoms with E-state index in [-0.39, 0.29) is 12.5 Å². The van der Waals surface area contributed by atoms with Gasteiger partial charge in [0.2, 0.25) is 0 Å². The lowest BCUT2D eigenvalue weighted by Gasteiger charge is -2.22. The summed E-state index contributed by atoms with van der Waals surface area (Å²) < 4.78 is 54.1. The molecule has 0 atom stereocenters. The molecule has 0 spiro atoms. The van der Waals surface area contributed by atoms with Gasteiger partial charge in [0.15, 0.2) is 0 Å². The molecule has 6 heteroatoms. The van der Waals surface area contributed by atoms with Crippen molar-refractivity contribution in [3.8, 4) is 0 Å². The third kappa shape index (κ3) is 4.31. The van der Waals surface area contributed by atoms with Crippen LogP contribution in [0.5, 0.6) is 0 Å². The van der Waals surface area contributed by atoms with Crippen molar-refractivity contribution in [1.29, 1.82) is 0 Å². The van der Waals surface area contributed by atoms with Crippen LogP contribution in [0.25, 0.3) is 0 Å². The second kappa shape index (κ2) is 4.63. The van der Waals surface area contributed by atoms with Gasteiger partial charge in [0.05, 0.1) is 13.0 Å². The average Bonchev–Trinajstić information content (AvgIpc) is 2.01. The first-order chi connectivity index (χ1) is 6.58. The monoisotopic (exact) mass is 228 g/mol. The lowest BCUT2D eigenvalue weighted by Crippen LogP contribution is -2.38. The number of halogens is 4. The maximum absolute atomic E-state index is 12.6. The maximum atomic E-state index is 12.6. The van der Waals surface area contributed by atoms with E-state index in [9.17, 15) is 22.4 Å². The van der Waals surface area contributed by atoms with E-state index < -0.39 is 30.8 Å². The zero-order valence-corrected chi connectivity index (χ0v) is 8.45. The van der Waals surface area contributed by atoms with Gasteiger partial charge in [-0.25, -0.2) is 13.6 Å². The Balaban J connectivity index is 4.07. The normalized spacial score (nSPS) is 12.4. The zero-order valence-electron chi connectivity index (χ0n) is 8.45. The average molecular weight is 228 g/mol. The standard InChI is InChI=1S/C9H12F4O2/c1-6(2)7(14)15-5-4-9(12,13)8(3,10)11/h1,4-5H2,2-3H3. The summed E-state index contributed by atoms with van der Waals surface area (Å²) >= 11 is 0. The van der Waals surface area contributed by atoms with Crippen LogP contribution >= 0.6 is 0 Å². The van der Waals surface area contributed by atoms with Crippen LogP contribution in [0.1, 0.15) is 20.3 Å². The van der Waals surface area contributed by atoms with E-state index in [0.717, 1.165) is 0 Å². The van der Waals surface area contributed by atoms with E-state index >= 15 is 0 Å². The van der Waals surface area contributed by atoms with Gasteiger partial charge in [0, 0.05) is 12.5 Å². The number of hydrogen-bond acceptors (Lipinski definition) is 2. The molecule has 88 valence electrons. The van der Waals surface area contributed by atoms with Gasteiger partial charge in [0.25, 0.3) is 0 Å².